The summed E-state index contributed by atoms with van der Waals surface area (Å²) in [6.07, 6.45) is 1.40. The summed E-state index contributed by atoms with van der Waals surface area (Å²) in [6.45, 7) is 0. The molecule has 1 fully saturated rings. The van der Waals surface area contributed by atoms with Crippen molar-refractivity contribution < 1.29 is 19.9 Å². The van der Waals surface area contributed by atoms with Gasteiger partial charge >= 0.3 is 5.97 Å². The largest absolute Gasteiger partial charge is 0.476 e. The van der Waals surface area contributed by atoms with Crippen molar-refractivity contribution in [2.24, 2.45) is 11.1 Å². The Kier molecular flexibility index (Phi) is 1.89. The second-order valence-electron chi connectivity index (χ2n) is 2.39. The SMILES string of the molecule is O=C(O)C(=NO)C(=O)C1CC1. The first-order valence-electron chi connectivity index (χ1n) is 3.16. The zero-order valence-electron chi connectivity index (χ0n) is 5.65. The lowest BCUT2D eigenvalue weighted by Crippen LogP contribution is -2.25. The third kappa shape index (κ3) is 1.54. The molecule has 0 aromatic carbocycles. The van der Waals surface area contributed by atoms with Gasteiger partial charge in [0.2, 0.25) is 5.71 Å². The van der Waals surface area contributed by atoms with E-state index in [1.54, 1.807) is 0 Å². The second kappa shape index (κ2) is 2.69. The third-order valence-electron chi connectivity index (χ3n) is 1.48. The third-order valence-corrected chi connectivity index (χ3v) is 1.48. The fourth-order valence-corrected chi connectivity index (χ4v) is 0.736. The van der Waals surface area contributed by atoms with Crippen LogP contribution in [-0.4, -0.2) is 27.8 Å². The highest BCUT2D eigenvalue weighted by molar-refractivity contribution is 6.64. The number of Topliss-reactive ketones (excluding diaryl/α,β-unsaturated/α-hetero) is 1. The van der Waals surface area contributed by atoms with Gasteiger partial charge in [0.25, 0.3) is 0 Å². The summed E-state index contributed by atoms with van der Waals surface area (Å²) in [5, 5.41) is 18.9. The Morgan fingerprint density at radius 3 is 2.18 bits per heavy atom. The fraction of sp³-hybridized carbons (Fsp3) is 0.500. The summed E-state index contributed by atoms with van der Waals surface area (Å²) in [7, 11) is 0. The van der Waals surface area contributed by atoms with Crippen molar-refractivity contribution in [1.82, 2.24) is 0 Å². The molecule has 5 nitrogen and oxygen atoms in total. The zero-order valence-corrected chi connectivity index (χ0v) is 5.65. The summed E-state index contributed by atoms with van der Waals surface area (Å²) in [5.41, 5.74) is -0.757. The van der Waals surface area contributed by atoms with Crippen molar-refractivity contribution in [2.75, 3.05) is 0 Å². The molecule has 0 heterocycles. The summed E-state index contributed by atoms with van der Waals surface area (Å²) in [4.78, 5) is 21.1. The molecular formula is C6H7NO4. The van der Waals surface area contributed by atoms with E-state index < -0.39 is 17.5 Å². The van der Waals surface area contributed by atoms with Crippen molar-refractivity contribution in [3.63, 3.8) is 0 Å². The van der Waals surface area contributed by atoms with Crippen LogP contribution in [0.3, 0.4) is 0 Å². The number of hydrogen-bond donors (Lipinski definition) is 2. The lowest BCUT2D eigenvalue weighted by Gasteiger charge is -1.93. The first-order valence-corrected chi connectivity index (χ1v) is 3.16. The van der Waals surface area contributed by atoms with E-state index in [1.165, 1.54) is 0 Å². The average Bonchev–Trinajstić information content (AvgIpc) is 2.68. The molecule has 2 N–H and O–H groups in total. The van der Waals surface area contributed by atoms with Gasteiger partial charge in [-0.1, -0.05) is 5.16 Å². The van der Waals surface area contributed by atoms with E-state index in [0.717, 1.165) is 0 Å². The second-order valence-corrected chi connectivity index (χ2v) is 2.39. The Bertz CT molecular complexity index is 229. The van der Waals surface area contributed by atoms with Gasteiger partial charge in [-0.05, 0) is 12.8 Å². The van der Waals surface area contributed by atoms with E-state index in [2.05, 4.69) is 5.16 Å². The number of rotatable bonds is 3. The van der Waals surface area contributed by atoms with Gasteiger partial charge in [-0.2, -0.15) is 0 Å². The van der Waals surface area contributed by atoms with E-state index in [0.29, 0.717) is 12.8 Å². The highest BCUT2D eigenvalue weighted by Gasteiger charge is 2.36. The maximum Gasteiger partial charge on any atom is 0.361 e. The number of ketones is 1. The standard InChI is InChI=1S/C6H7NO4/c8-5(3-1-2-3)4(7-11)6(9)10/h3,11H,1-2H2,(H,9,10). The first-order chi connectivity index (χ1) is 5.16. The molecule has 60 valence electrons. The molecule has 0 amide bonds. The number of oxime groups is 1. The van der Waals surface area contributed by atoms with E-state index >= 15 is 0 Å². The predicted molar refractivity (Wildman–Crippen MR) is 34.6 cm³/mol. The minimum atomic E-state index is -1.47. The number of carbonyl (C=O) groups is 2. The van der Waals surface area contributed by atoms with Crippen LogP contribution in [0.2, 0.25) is 0 Å². The number of nitrogens with zero attached hydrogens (tertiary/aromatic N) is 1. The van der Waals surface area contributed by atoms with Crippen LogP contribution in [0.4, 0.5) is 0 Å². The summed E-state index contributed by atoms with van der Waals surface area (Å²) < 4.78 is 0. The topological polar surface area (TPSA) is 87.0 Å². The molecule has 5 heteroatoms. The first kappa shape index (κ1) is 7.71. The Morgan fingerprint density at radius 1 is 1.36 bits per heavy atom. The molecule has 11 heavy (non-hydrogen) atoms. The number of carboxylic acids is 1. The predicted octanol–water partition coefficient (Wildman–Crippen LogP) is -0.120. The van der Waals surface area contributed by atoms with E-state index in [4.69, 9.17) is 10.3 Å². The summed E-state index contributed by atoms with van der Waals surface area (Å²) >= 11 is 0. The fourth-order valence-electron chi connectivity index (χ4n) is 0.736. The van der Waals surface area contributed by atoms with Gasteiger partial charge in [-0.15, -0.1) is 0 Å². The average molecular weight is 157 g/mol. The quantitative estimate of drug-likeness (QED) is 0.259. The minimum absolute atomic E-state index is 0.225. The molecule has 0 aromatic rings. The summed E-state index contributed by atoms with van der Waals surface area (Å²) in [6, 6.07) is 0. The molecule has 1 aliphatic carbocycles. The lowest BCUT2D eigenvalue weighted by atomic mass is 10.2. The summed E-state index contributed by atoms with van der Waals surface area (Å²) in [5.74, 6) is -2.26. The smallest absolute Gasteiger partial charge is 0.361 e. The number of hydrogen-bond acceptors (Lipinski definition) is 4. The maximum atomic E-state index is 10.9. The zero-order chi connectivity index (χ0) is 8.43. The van der Waals surface area contributed by atoms with E-state index in [9.17, 15) is 9.59 Å². The van der Waals surface area contributed by atoms with Crippen LogP contribution >= 0.6 is 0 Å². The minimum Gasteiger partial charge on any atom is -0.476 e. The molecule has 0 unspecified atom stereocenters. The van der Waals surface area contributed by atoms with Gasteiger partial charge in [-0.25, -0.2) is 4.79 Å². The van der Waals surface area contributed by atoms with Gasteiger partial charge in [0.1, 0.15) is 0 Å². The van der Waals surface area contributed by atoms with Crippen molar-refractivity contribution in [2.45, 2.75) is 12.8 Å². The van der Waals surface area contributed by atoms with Crippen LogP contribution in [0.1, 0.15) is 12.8 Å². The number of carboxylic acid groups (broad SMARTS) is 1. The number of carbonyl (C=O) groups excluding carboxylic acids is 1. The molecule has 0 saturated heterocycles. The molecule has 0 aliphatic heterocycles. The maximum absolute atomic E-state index is 10.9. The van der Waals surface area contributed by atoms with Gasteiger partial charge in [0, 0.05) is 5.92 Å². The van der Waals surface area contributed by atoms with Crippen LogP contribution in [-0.2, 0) is 9.59 Å². The van der Waals surface area contributed by atoms with Crippen LogP contribution in [0, 0.1) is 5.92 Å². The van der Waals surface area contributed by atoms with Crippen LogP contribution in [0.5, 0.6) is 0 Å². The lowest BCUT2D eigenvalue weighted by molar-refractivity contribution is -0.130. The Hall–Kier alpha value is -1.39. The molecule has 1 rings (SSSR count). The van der Waals surface area contributed by atoms with Crippen molar-refractivity contribution in [3.05, 3.63) is 0 Å². The van der Waals surface area contributed by atoms with Gasteiger partial charge in [0.05, 0.1) is 0 Å². The molecule has 0 atom stereocenters. The van der Waals surface area contributed by atoms with Crippen molar-refractivity contribution in [3.8, 4) is 0 Å². The molecule has 1 saturated carbocycles. The van der Waals surface area contributed by atoms with Gasteiger partial charge < -0.3 is 10.3 Å². The van der Waals surface area contributed by atoms with E-state index in [-0.39, 0.29) is 5.92 Å². The normalized spacial score (nSPS) is 18.0. The Morgan fingerprint density at radius 2 is 1.91 bits per heavy atom. The number of aliphatic carboxylic acids is 1. The highest BCUT2D eigenvalue weighted by Crippen LogP contribution is 2.30. The van der Waals surface area contributed by atoms with Crippen molar-refractivity contribution in [1.29, 1.82) is 0 Å². The highest BCUT2D eigenvalue weighted by atomic mass is 16.4. The molecular weight excluding hydrogens is 150 g/mol. The molecule has 0 radical (unpaired) electrons. The van der Waals surface area contributed by atoms with Crippen LogP contribution in [0.15, 0.2) is 5.16 Å². The van der Waals surface area contributed by atoms with E-state index in [1.807, 2.05) is 0 Å². The molecule has 0 bridgehead atoms. The van der Waals surface area contributed by atoms with Crippen LogP contribution < -0.4 is 0 Å². The van der Waals surface area contributed by atoms with Gasteiger partial charge in [0.15, 0.2) is 5.78 Å². The monoisotopic (exact) mass is 157 g/mol. The Balaban J connectivity index is 2.69. The molecule has 0 spiro atoms. The van der Waals surface area contributed by atoms with Crippen molar-refractivity contribution >= 4 is 17.5 Å². The molecule has 1 aliphatic rings. The Labute approximate surface area is 62.3 Å². The van der Waals surface area contributed by atoms with Crippen LogP contribution in [0.25, 0.3) is 0 Å². The molecule has 0 aromatic heterocycles. The van der Waals surface area contributed by atoms with Gasteiger partial charge in [-0.3, -0.25) is 4.79 Å².